The number of rotatable bonds is 9. The van der Waals surface area contributed by atoms with Gasteiger partial charge in [0.1, 0.15) is 5.82 Å². The third kappa shape index (κ3) is 4.73. The molecule has 0 aliphatic heterocycles. The van der Waals surface area contributed by atoms with Gasteiger partial charge in [-0.2, -0.15) is 0 Å². The van der Waals surface area contributed by atoms with Crippen LogP contribution in [-0.4, -0.2) is 44.0 Å². The van der Waals surface area contributed by atoms with Crippen molar-refractivity contribution in [1.29, 1.82) is 0 Å². The van der Waals surface area contributed by atoms with E-state index in [9.17, 15) is 9.59 Å². The monoisotopic (exact) mass is 312 g/mol. The smallest absolute Gasteiger partial charge is 0.313 e. The van der Waals surface area contributed by atoms with Gasteiger partial charge in [0.05, 0.1) is 5.75 Å². The minimum Gasteiger partial charge on any atom is -0.481 e. The number of carboxylic acids is 1. The van der Waals surface area contributed by atoms with Crippen LogP contribution in [0.5, 0.6) is 0 Å². The second kappa shape index (κ2) is 7.44. The van der Waals surface area contributed by atoms with Crippen molar-refractivity contribution in [2.24, 2.45) is 0 Å². The van der Waals surface area contributed by atoms with Gasteiger partial charge in [0.15, 0.2) is 5.16 Å². The molecule has 0 bridgehead atoms. The van der Waals surface area contributed by atoms with Gasteiger partial charge in [-0.05, 0) is 19.3 Å². The van der Waals surface area contributed by atoms with Crippen LogP contribution in [0, 0.1) is 0 Å². The summed E-state index contributed by atoms with van der Waals surface area (Å²) in [4.78, 5) is 22.4. The number of thioether (sulfide) groups is 1. The highest BCUT2D eigenvalue weighted by Crippen LogP contribution is 2.40. The Morgan fingerprint density at radius 1 is 1.43 bits per heavy atom. The molecule has 1 amide bonds. The van der Waals surface area contributed by atoms with Crippen LogP contribution in [0.25, 0.3) is 0 Å². The molecular weight excluding hydrogens is 292 g/mol. The number of hydrogen-bond donors (Lipinski definition) is 2. The van der Waals surface area contributed by atoms with Gasteiger partial charge in [-0.1, -0.05) is 18.7 Å². The van der Waals surface area contributed by atoms with Crippen molar-refractivity contribution in [3.05, 3.63) is 5.82 Å². The Bertz CT molecular complexity index is 514. The minimum absolute atomic E-state index is 0.00137. The fourth-order valence-electron chi connectivity index (χ4n) is 1.95. The van der Waals surface area contributed by atoms with Crippen LogP contribution in [0.4, 0.5) is 0 Å². The summed E-state index contributed by atoms with van der Waals surface area (Å²) in [5, 5.41) is 20.4. The van der Waals surface area contributed by atoms with E-state index in [-0.39, 0.29) is 11.7 Å². The second-order valence-electron chi connectivity index (χ2n) is 5.05. The molecule has 0 unspecified atom stereocenters. The Morgan fingerprint density at radius 2 is 2.19 bits per heavy atom. The maximum Gasteiger partial charge on any atom is 0.313 e. The number of nitrogens with zero attached hydrogens (tertiary/aromatic N) is 3. The molecule has 116 valence electrons. The van der Waals surface area contributed by atoms with Crippen LogP contribution < -0.4 is 5.32 Å². The molecule has 2 rings (SSSR count). The third-order valence-electron chi connectivity index (χ3n) is 3.15. The Labute approximate surface area is 127 Å². The van der Waals surface area contributed by atoms with E-state index in [4.69, 9.17) is 5.11 Å². The first-order chi connectivity index (χ1) is 10.1. The molecule has 1 aromatic heterocycles. The summed E-state index contributed by atoms with van der Waals surface area (Å²) in [6.45, 7) is 3.18. The van der Waals surface area contributed by atoms with E-state index < -0.39 is 5.97 Å². The SMILES string of the molecule is CCCNC(=O)CCn1c(SCC(=O)O)nnc1C1CC1. The zero-order valence-electron chi connectivity index (χ0n) is 12.0. The molecular formula is C13H20N4O3S. The zero-order chi connectivity index (χ0) is 15.2. The molecule has 0 aromatic carbocycles. The molecule has 1 aromatic rings. The lowest BCUT2D eigenvalue weighted by Crippen LogP contribution is -2.25. The standard InChI is InChI=1S/C13H20N4O3S/c1-2-6-14-10(18)5-7-17-12(9-3-4-9)15-16-13(17)21-8-11(19)20/h9H,2-8H2,1H3,(H,14,18)(H,19,20). The van der Waals surface area contributed by atoms with Gasteiger partial charge in [0.2, 0.25) is 5.91 Å². The highest BCUT2D eigenvalue weighted by molar-refractivity contribution is 7.99. The largest absolute Gasteiger partial charge is 0.481 e. The number of amides is 1. The Hall–Kier alpha value is -1.57. The first-order valence-electron chi connectivity index (χ1n) is 7.16. The van der Waals surface area contributed by atoms with Gasteiger partial charge in [0.25, 0.3) is 0 Å². The first kappa shape index (κ1) is 15.8. The lowest BCUT2D eigenvalue weighted by atomic mass is 10.3. The second-order valence-corrected chi connectivity index (χ2v) is 5.99. The summed E-state index contributed by atoms with van der Waals surface area (Å²) in [6.07, 6.45) is 3.44. The van der Waals surface area contributed by atoms with E-state index in [1.807, 2.05) is 11.5 Å². The van der Waals surface area contributed by atoms with Crippen molar-refractivity contribution in [1.82, 2.24) is 20.1 Å². The molecule has 8 heteroatoms. The molecule has 1 heterocycles. The van der Waals surface area contributed by atoms with Gasteiger partial charge >= 0.3 is 5.97 Å². The number of hydrogen-bond acceptors (Lipinski definition) is 5. The summed E-state index contributed by atoms with van der Waals surface area (Å²) >= 11 is 1.15. The molecule has 1 fully saturated rings. The average molecular weight is 312 g/mol. The fraction of sp³-hybridized carbons (Fsp3) is 0.692. The van der Waals surface area contributed by atoms with Crippen molar-refractivity contribution in [3.8, 4) is 0 Å². The zero-order valence-corrected chi connectivity index (χ0v) is 12.9. The molecule has 7 nitrogen and oxygen atoms in total. The van der Waals surface area contributed by atoms with Crippen molar-refractivity contribution in [2.75, 3.05) is 12.3 Å². The number of aliphatic carboxylic acids is 1. The third-order valence-corrected chi connectivity index (χ3v) is 4.10. The van der Waals surface area contributed by atoms with Crippen LogP contribution in [0.3, 0.4) is 0 Å². The van der Waals surface area contributed by atoms with E-state index in [1.54, 1.807) is 0 Å². The van der Waals surface area contributed by atoms with E-state index in [0.29, 0.717) is 30.6 Å². The van der Waals surface area contributed by atoms with Crippen molar-refractivity contribution in [2.45, 2.75) is 50.2 Å². The number of carboxylic acid groups (broad SMARTS) is 1. The van der Waals surface area contributed by atoms with Gasteiger partial charge in [-0.15, -0.1) is 10.2 Å². The van der Waals surface area contributed by atoms with Crippen LogP contribution >= 0.6 is 11.8 Å². The lowest BCUT2D eigenvalue weighted by Gasteiger charge is -2.09. The van der Waals surface area contributed by atoms with Gasteiger partial charge < -0.3 is 15.0 Å². The molecule has 2 N–H and O–H groups in total. The highest BCUT2D eigenvalue weighted by Gasteiger charge is 2.30. The molecule has 0 saturated heterocycles. The maximum atomic E-state index is 11.7. The normalized spacial score (nSPS) is 14.1. The van der Waals surface area contributed by atoms with E-state index >= 15 is 0 Å². The van der Waals surface area contributed by atoms with Crippen LogP contribution in [0.2, 0.25) is 0 Å². The van der Waals surface area contributed by atoms with Crippen molar-refractivity contribution < 1.29 is 14.7 Å². The number of aromatic nitrogens is 3. The average Bonchev–Trinajstić information content (AvgIpc) is 3.21. The van der Waals surface area contributed by atoms with E-state index in [2.05, 4.69) is 15.5 Å². The predicted molar refractivity (Wildman–Crippen MR) is 78.3 cm³/mol. The van der Waals surface area contributed by atoms with E-state index in [1.165, 1.54) is 0 Å². The van der Waals surface area contributed by atoms with Crippen LogP contribution in [0.15, 0.2) is 5.16 Å². The molecule has 0 atom stereocenters. The van der Waals surface area contributed by atoms with Gasteiger partial charge in [0, 0.05) is 25.4 Å². The number of carbonyl (C=O) groups excluding carboxylic acids is 1. The quantitative estimate of drug-likeness (QED) is 0.666. The summed E-state index contributed by atoms with van der Waals surface area (Å²) in [5.41, 5.74) is 0. The van der Waals surface area contributed by atoms with Crippen molar-refractivity contribution >= 4 is 23.6 Å². The summed E-state index contributed by atoms with van der Waals surface area (Å²) < 4.78 is 1.90. The van der Waals surface area contributed by atoms with Crippen LogP contribution in [-0.2, 0) is 16.1 Å². The lowest BCUT2D eigenvalue weighted by molar-refractivity contribution is -0.134. The van der Waals surface area contributed by atoms with Gasteiger partial charge in [-0.3, -0.25) is 9.59 Å². The minimum atomic E-state index is -0.886. The molecule has 0 spiro atoms. The maximum absolute atomic E-state index is 11.7. The first-order valence-corrected chi connectivity index (χ1v) is 8.14. The Balaban J connectivity index is 1.98. The Kier molecular flexibility index (Phi) is 5.60. The summed E-state index contributed by atoms with van der Waals surface area (Å²) in [5.74, 6) is 0.358. The number of nitrogens with one attached hydrogen (secondary N) is 1. The Morgan fingerprint density at radius 3 is 2.81 bits per heavy atom. The summed E-state index contributed by atoms with van der Waals surface area (Å²) in [6, 6.07) is 0. The fourth-order valence-corrected chi connectivity index (χ4v) is 2.64. The summed E-state index contributed by atoms with van der Waals surface area (Å²) in [7, 11) is 0. The van der Waals surface area contributed by atoms with Crippen LogP contribution in [0.1, 0.15) is 44.3 Å². The molecule has 1 aliphatic rings. The molecule has 1 saturated carbocycles. The number of carbonyl (C=O) groups is 2. The van der Waals surface area contributed by atoms with E-state index in [0.717, 1.165) is 36.8 Å². The van der Waals surface area contributed by atoms with Gasteiger partial charge in [-0.25, -0.2) is 0 Å². The molecule has 1 aliphatic carbocycles. The molecule has 0 radical (unpaired) electrons. The van der Waals surface area contributed by atoms with Crippen molar-refractivity contribution in [3.63, 3.8) is 0 Å². The highest BCUT2D eigenvalue weighted by atomic mass is 32.2. The predicted octanol–water partition coefficient (Wildman–Crippen LogP) is 1.25. The molecule has 21 heavy (non-hydrogen) atoms. The topological polar surface area (TPSA) is 97.1 Å².